The number of hydrogen-bond acceptors (Lipinski definition) is 5. The third kappa shape index (κ3) is 3.15. The standard InChI is InChI=1S/C19H18N4O2/c1-13-6-2-3-7-14(13)11-23-12-15(10-17(23)24)19-21-18(22-25-19)16-8-4-5-9-20-16/h2-9,15H,10-12H2,1H3/t15-/m1/s1. The molecule has 1 aliphatic rings. The van der Waals surface area contributed by atoms with Gasteiger partial charge in [-0.25, -0.2) is 0 Å². The lowest BCUT2D eigenvalue weighted by Crippen LogP contribution is -2.24. The van der Waals surface area contributed by atoms with Crippen LogP contribution in [0.3, 0.4) is 0 Å². The number of likely N-dealkylation sites (tertiary alicyclic amines) is 1. The van der Waals surface area contributed by atoms with Gasteiger partial charge in [-0.2, -0.15) is 4.98 Å². The van der Waals surface area contributed by atoms with E-state index < -0.39 is 0 Å². The second-order valence-electron chi connectivity index (χ2n) is 6.27. The monoisotopic (exact) mass is 334 g/mol. The van der Waals surface area contributed by atoms with Crippen LogP contribution < -0.4 is 0 Å². The van der Waals surface area contributed by atoms with Gasteiger partial charge in [0.2, 0.25) is 17.6 Å². The Morgan fingerprint density at radius 1 is 1.20 bits per heavy atom. The third-order valence-electron chi connectivity index (χ3n) is 4.52. The fourth-order valence-electron chi connectivity index (χ4n) is 3.08. The average molecular weight is 334 g/mol. The van der Waals surface area contributed by atoms with E-state index in [2.05, 4.69) is 34.2 Å². The van der Waals surface area contributed by atoms with Crippen LogP contribution in [0.25, 0.3) is 11.5 Å². The zero-order valence-corrected chi connectivity index (χ0v) is 13.9. The summed E-state index contributed by atoms with van der Waals surface area (Å²) in [6.45, 7) is 3.27. The molecule has 0 spiro atoms. The first-order valence-corrected chi connectivity index (χ1v) is 8.28. The topological polar surface area (TPSA) is 72.1 Å². The second kappa shape index (κ2) is 6.47. The number of aromatic nitrogens is 3. The first kappa shape index (κ1) is 15.5. The summed E-state index contributed by atoms with van der Waals surface area (Å²) in [5, 5.41) is 4.00. The molecule has 2 aromatic heterocycles. The quantitative estimate of drug-likeness (QED) is 0.733. The molecule has 1 saturated heterocycles. The maximum atomic E-state index is 12.4. The second-order valence-corrected chi connectivity index (χ2v) is 6.27. The summed E-state index contributed by atoms with van der Waals surface area (Å²) in [6.07, 6.45) is 2.09. The summed E-state index contributed by atoms with van der Waals surface area (Å²) >= 11 is 0. The molecule has 0 saturated carbocycles. The van der Waals surface area contributed by atoms with Crippen LogP contribution in [0.5, 0.6) is 0 Å². The number of carbonyl (C=O) groups is 1. The van der Waals surface area contributed by atoms with Crippen LogP contribution in [0.1, 0.15) is 29.4 Å². The molecule has 1 atom stereocenters. The Bertz CT molecular complexity index is 891. The van der Waals surface area contributed by atoms with Crippen molar-refractivity contribution in [2.75, 3.05) is 6.54 Å². The Kier molecular flexibility index (Phi) is 4.01. The molecule has 0 radical (unpaired) electrons. The average Bonchev–Trinajstić information content (AvgIpc) is 3.25. The Morgan fingerprint density at radius 3 is 2.84 bits per heavy atom. The minimum Gasteiger partial charge on any atom is -0.339 e. The predicted octanol–water partition coefficient (Wildman–Crippen LogP) is 2.96. The Morgan fingerprint density at radius 2 is 2.04 bits per heavy atom. The van der Waals surface area contributed by atoms with Gasteiger partial charge < -0.3 is 9.42 Å². The number of nitrogens with zero attached hydrogens (tertiary/aromatic N) is 4. The molecule has 126 valence electrons. The number of amides is 1. The van der Waals surface area contributed by atoms with Crippen LogP contribution in [0.15, 0.2) is 53.2 Å². The van der Waals surface area contributed by atoms with Gasteiger partial charge in [0, 0.05) is 25.7 Å². The van der Waals surface area contributed by atoms with Gasteiger partial charge in [-0.3, -0.25) is 9.78 Å². The Labute approximate surface area is 145 Å². The van der Waals surface area contributed by atoms with Gasteiger partial charge in [0.25, 0.3) is 0 Å². The lowest BCUT2D eigenvalue weighted by molar-refractivity contribution is -0.128. The van der Waals surface area contributed by atoms with Gasteiger partial charge in [-0.1, -0.05) is 35.5 Å². The zero-order chi connectivity index (χ0) is 17.2. The molecule has 25 heavy (non-hydrogen) atoms. The van der Waals surface area contributed by atoms with E-state index in [0.29, 0.717) is 36.9 Å². The van der Waals surface area contributed by atoms with Crippen LogP contribution in [-0.2, 0) is 11.3 Å². The van der Waals surface area contributed by atoms with E-state index in [9.17, 15) is 4.79 Å². The molecule has 0 N–H and O–H groups in total. The van der Waals surface area contributed by atoms with Crippen molar-refractivity contribution in [3.05, 3.63) is 65.7 Å². The van der Waals surface area contributed by atoms with Crippen molar-refractivity contribution in [1.29, 1.82) is 0 Å². The molecule has 3 heterocycles. The van der Waals surface area contributed by atoms with Gasteiger partial charge in [0.1, 0.15) is 5.69 Å². The first-order valence-electron chi connectivity index (χ1n) is 8.28. The van der Waals surface area contributed by atoms with Crippen LogP contribution in [-0.4, -0.2) is 32.5 Å². The summed E-state index contributed by atoms with van der Waals surface area (Å²) in [5.41, 5.74) is 3.02. The molecule has 1 amide bonds. The van der Waals surface area contributed by atoms with Gasteiger partial charge >= 0.3 is 0 Å². The van der Waals surface area contributed by atoms with Gasteiger partial charge in [0.05, 0.1) is 5.92 Å². The molecule has 0 bridgehead atoms. The smallest absolute Gasteiger partial charge is 0.232 e. The number of aryl methyl sites for hydroxylation is 1. The molecule has 0 unspecified atom stereocenters. The Hall–Kier alpha value is -3.02. The van der Waals surface area contributed by atoms with E-state index in [0.717, 1.165) is 5.56 Å². The molecule has 4 rings (SSSR count). The fraction of sp³-hybridized carbons (Fsp3) is 0.263. The van der Waals surface area contributed by atoms with E-state index in [4.69, 9.17) is 4.52 Å². The van der Waals surface area contributed by atoms with Crippen molar-refractivity contribution in [3.8, 4) is 11.5 Å². The minimum absolute atomic E-state index is 0.0681. The van der Waals surface area contributed by atoms with E-state index in [1.165, 1.54) is 5.56 Å². The van der Waals surface area contributed by atoms with Crippen LogP contribution >= 0.6 is 0 Å². The van der Waals surface area contributed by atoms with Crippen molar-refractivity contribution in [2.24, 2.45) is 0 Å². The van der Waals surface area contributed by atoms with Crippen molar-refractivity contribution < 1.29 is 9.32 Å². The van der Waals surface area contributed by atoms with Gasteiger partial charge in [0.15, 0.2) is 0 Å². The summed E-state index contributed by atoms with van der Waals surface area (Å²) in [6, 6.07) is 13.7. The normalized spacial score (nSPS) is 17.2. The first-order chi connectivity index (χ1) is 12.2. The summed E-state index contributed by atoms with van der Waals surface area (Å²) < 4.78 is 5.39. The van der Waals surface area contributed by atoms with Crippen molar-refractivity contribution in [1.82, 2.24) is 20.0 Å². The summed E-state index contributed by atoms with van der Waals surface area (Å²) in [7, 11) is 0. The van der Waals surface area contributed by atoms with E-state index in [1.54, 1.807) is 6.20 Å². The number of carbonyl (C=O) groups excluding carboxylic acids is 1. The van der Waals surface area contributed by atoms with Crippen LogP contribution in [0, 0.1) is 6.92 Å². The van der Waals surface area contributed by atoms with Crippen LogP contribution in [0.4, 0.5) is 0 Å². The molecule has 1 aromatic carbocycles. The molecule has 6 nitrogen and oxygen atoms in total. The fourth-order valence-corrected chi connectivity index (χ4v) is 3.08. The maximum absolute atomic E-state index is 12.4. The zero-order valence-electron chi connectivity index (χ0n) is 13.9. The number of pyridine rings is 1. The summed E-state index contributed by atoms with van der Waals surface area (Å²) in [5.74, 6) is 1.01. The van der Waals surface area contributed by atoms with Gasteiger partial charge in [-0.15, -0.1) is 0 Å². The molecular weight excluding hydrogens is 316 g/mol. The number of benzene rings is 1. The molecule has 1 fully saturated rings. The predicted molar refractivity (Wildman–Crippen MR) is 91.5 cm³/mol. The van der Waals surface area contributed by atoms with Crippen molar-refractivity contribution in [3.63, 3.8) is 0 Å². The molecule has 0 aliphatic carbocycles. The van der Waals surface area contributed by atoms with Crippen molar-refractivity contribution >= 4 is 5.91 Å². The minimum atomic E-state index is -0.0681. The summed E-state index contributed by atoms with van der Waals surface area (Å²) in [4.78, 5) is 22.9. The van der Waals surface area contributed by atoms with Crippen LogP contribution in [0.2, 0.25) is 0 Å². The highest BCUT2D eigenvalue weighted by atomic mass is 16.5. The highest BCUT2D eigenvalue weighted by molar-refractivity contribution is 5.79. The maximum Gasteiger partial charge on any atom is 0.232 e. The van der Waals surface area contributed by atoms with E-state index in [1.807, 2.05) is 35.2 Å². The lowest BCUT2D eigenvalue weighted by atomic mass is 10.1. The molecule has 6 heteroatoms. The highest BCUT2D eigenvalue weighted by Gasteiger charge is 2.34. The highest BCUT2D eigenvalue weighted by Crippen LogP contribution is 2.29. The van der Waals surface area contributed by atoms with E-state index >= 15 is 0 Å². The largest absolute Gasteiger partial charge is 0.339 e. The van der Waals surface area contributed by atoms with Gasteiger partial charge in [-0.05, 0) is 30.2 Å². The molecule has 1 aliphatic heterocycles. The lowest BCUT2D eigenvalue weighted by Gasteiger charge is -2.17. The number of rotatable bonds is 4. The Balaban J connectivity index is 1.49. The SMILES string of the molecule is Cc1ccccc1CN1C[C@H](c2nc(-c3ccccn3)no2)CC1=O. The third-order valence-corrected chi connectivity index (χ3v) is 4.52. The molecular formula is C19H18N4O2. The van der Waals surface area contributed by atoms with Crippen molar-refractivity contribution in [2.45, 2.75) is 25.8 Å². The molecule has 3 aromatic rings. The van der Waals surface area contributed by atoms with E-state index in [-0.39, 0.29) is 11.8 Å². The number of hydrogen-bond donors (Lipinski definition) is 0.